The average molecular weight is 403 g/mol. The fourth-order valence-electron chi connectivity index (χ4n) is 3.10. The number of anilines is 1. The van der Waals surface area contributed by atoms with Crippen molar-refractivity contribution < 1.29 is 4.79 Å². The molecule has 0 aliphatic heterocycles. The van der Waals surface area contributed by atoms with E-state index in [1.165, 1.54) is 22.1 Å². The predicted molar refractivity (Wildman–Crippen MR) is 112 cm³/mol. The Balaban J connectivity index is 1.29. The van der Waals surface area contributed by atoms with E-state index in [9.17, 15) is 9.59 Å². The van der Waals surface area contributed by atoms with Crippen molar-refractivity contribution in [1.82, 2.24) is 19.7 Å². The number of thiazole rings is 1. The fraction of sp³-hybridized carbons (Fsp3) is 0.190. The summed E-state index contributed by atoms with van der Waals surface area (Å²) in [5.41, 5.74) is 3.10. The summed E-state index contributed by atoms with van der Waals surface area (Å²) in [6, 6.07) is 14.5. The highest BCUT2D eigenvalue weighted by molar-refractivity contribution is 7.21. The Morgan fingerprint density at radius 1 is 1.14 bits per heavy atom. The van der Waals surface area contributed by atoms with Crippen LogP contribution in [0.1, 0.15) is 24.5 Å². The lowest BCUT2D eigenvalue weighted by Crippen LogP contribution is -2.29. The highest BCUT2D eigenvalue weighted by atomic mass is 32.1. The first-order valence-electron chi connectivity index (χ1n) is 9.36. The molecule has 1 aliphatic rings. The molecule has 0 radical (unpaired) electrons. The molecule has 8 heteroatoms. The van der Waals surface area contributed by atoms with Crippen molar-refractivity contribution >= 4 is 33.3 Å². The number of pyridine rings is 1. The molecule has 29 heavy (non-hydrogen) atoms. The van der Waals surface area contributed by atoms with Gasteiger partial charge in [0.05, 0.1) is 5.69 Å². The SMILES string of the molecule is O=C(Cn1nc(C2CC2)ccc1=O)Nc1ccc(-c2nc3cccnc3s2)cc1. The molecular weight excluding hydrogens is 386 g/mol. The van der Waals surface area contributed by atoms with Crippen molar-refractivity contribution in [3.8, 4) is 10.6 Å². The lowest BCUT2D eigenvalue weighted by molar-refractivity contribution is -0.117. The fourth-order valence-corrected chi connectivity index (χ4v) is 4.01. The van der Waals surface area contributed by atoms with E-state index in [1.807, 2.05) is 36.4 Å². The molecule has 3 heterocycles. The van der Waals surface area contributed by atoms with Crippen LogP contribution in [-0.4, -0.2) is 25.7 Å². The molecule has 5 rings (SSSR count). The van der Waals surface area contributed by atoms with E-state index in [0.717, 1.165) is 39.5 Å². The number of hydrogen-bond donors (Lipinski definition) is 1. The first-order valence-corrected chi connectivity index (χ1v) is 10.2. The van der Waals surface area contributed by atoms with Gasteiger partial charge in [-0.1, -0.05) is 11.3 Å². The largest absolute Gasteiger partial charge is 0.324 e. The zero-order valence-corrected chi connectivity index (χ0v) is 16.2. The molecule has 1 amide bonds. The van der Waals surface area contributed by atoms with Crippen LogP contribution in [0.25, 0.3) is 20.9 Å². The van der Waals surface area contributed by atoms with Crippen LogP contribution in [0.4, 0.5) is 5.69 Å². The maximum atomic E-state index is 12.4. The Labute approximate surface area is 170 Å². The summed E-state index contributed by atoms with van der Waals surface area (Å²) in [6.45, 7) is -0.106. The maximum Gasteiger partial charge on any atom is 0.267 e. The highest BCUT2D eigenvalue weighted by Crippen LogP contribution is 2.38. The van der Waals surface area contributed by atoms with Crippen LogP contribution in [0, 0.1) is 0 Å². The Morgan fingerprint density at radius 3 is 2.72 bits per heavy atom. The summed E-state index contributed by atoms with van der Waals surface area (Å²) in [5.74, 6) is 0.139. The van der Waals surface area contributed by atoms with E-state index in [0.29, 0.717) is 11.6 Å². The van der Waals surface area contributed by atoms with Crippen molar-refractivity contribution in [2.75, 3.05) is 5.32 Å². The average Bonchev–Trinajstić information content (AvgIpc) is 3.48. The van der Waals surface area contributed by atoms with E-state index in [2.05, 4.69) is 20.4 Å². The highest BCUT2D eigenvalue weighted by Gasteiger charge is 2.25. The molecule has 1 fully saturated rings. The molecule has 1 aromatic carbocycles. The molecular formula is C21H17N5O2S. The lowest BCUT2D eigenvalue weighted by Gasteiger charge is -2.08. The van der Waals surface area contributed by atoms with Crippen LogP contribution in [0.3, 0.4) is 0 Å². The van der Waals surface area contributed by atoms with Gasteiger partial charge in [-0.25, -0.2) is 14.6 Å². The van der Waals surface area contributed by atoms with Gasteiger partial charge in [-0.2, -0.15) is 5.10 Å². The van der Waals surface area contributed by atoms with Gasteiger partial charge in [-0.05, 0) is 55.3 Å². The van der Waals surface area contributed by atoms with Gasteiger partial charge in [0, 0.05) is 29.4 Å². The molecule has 0 atom stereocenters. The summed E-state index contributed by atoms with van der Waals surface area (Å²) in [6.07, 6.45) is 3.94. The standard InChI is InChI=1S/C21H17N5O2S/c27-18(12-26-19(28)10-9-16(25-26)13-3-4-13)23-15-7-5-14(6-8-15)20-24-17-2-1-11-22-21(17)29-20/h1-2,5-11,13H,3-4,12H2,(H,23,27). The zero-order valence-electron chi connectivity index (χ0n) is 15.4. The Morgan fingerprint density at radius 2 is 1.97 bits per heavy atom. The molecule has 1 aliphatic carbocycles. The molecule has 0 unspecified atom stereocenters. The number of carbonyl (C=O) groups is 1. The summed E-state index contributed by atoms with van der Waals surface area (Å²) < 4.78 is 1.23. The van der Waals surface area contributed by atoms with Gasteiger partial charge >= 0.3 is 0 Å². The second-order valence-electron chi connectivity index (χ2n) is 7.00. The minimum Gasteiger partial charge on any atom is -0.324 e. The monoisotopic (exact) mass is 403 g/mol. The third-order valence-corrected chi connectivity index (χ3v) is 5.79. The molecule has 0 spiro atoms. The number of nitrogens with zero attached hydrogens (tertiary/aromatic N) is 4. The van der Waals surface area contributed by atoms with E-state index in [4.69, 9.17) is 0 Å². The van der Waals surface area contributed by atoms with E-state index < -0.39 is 0 Å². The molecule has 0 bridgehead atoms. The van der Waals surface area contributed by atoms with E-state index in [-0.39, 0.29) is 18.0 Å². The van der Waals surface area contributed by atoms with Gasteiger partial charge in [0.25, 0.3) is 5.56 Å². The second-order valence-corrected chi connectivity index (χ2v) is 7.98. The Hall–Kier alpha value is -3.39. The summed E-state index contributed by atoms with van der Waals surface area (Å²) in [5, 5.41) is 8.02. The van der Waals surface area contributed by atoms with E-state index >= 15 is 0 Å². The number of hydrogen-bond acceptors (Lipinski definition) is 6. The normalized spacial score (nSPS) is 13.5. The number of nitrogens with one attached hydrogen (secondary N) is 1. The van der Waals surface area contributed by atoms with Crippen LogP contribution >= 0.6 is 11.3 Å². The van der Waals surface area contributed by atoms with Crippen LogP contribution in [0.5, 0.6) is 0 Å². The Bertz CT molecular complexity index is 1230. The quantitative estimate of drug-likeness (QED) is 0.551. The summed E-state index contributed by atoms with van der Waals surface area (Å²) in [4.78, 5) is 34.2. The van der Waals surface area contributed by atoms with Crippen molar-refractivity contribution in [2.45, 2.75) is 25.3 Å². The van der Waals surface area contributed by atoms with Gasteiger partial charge in [0.15, 0.2) is 0 Å². The number of rotatable bonds is 5. The molecule has 3 aromatic heterocycles. The molecule has 4 aromatic rings. The Kier molecular flexibility index (Phi) is 4.40. The smallest absolute Gasteiger partial charge is 0.267 e. The van der Waals surface area contributed by atoms with Crippen molar-refractivity contribution in [3.63, 3.8) is 0 Å². The predicted octanol–water partition coefficient (Wildman–Crippen LogP) is 3.43. The van der Waals surface area contributed by atoms with Gasteiger partial charge in [-0.15, -0.1) is 0 Å². The third kappa shape index (κ3) is 3.79. The zero-order chi connectivity index (χ0) is 19.8. The van der Waals surface area contributed by atoms with Crippen LogP contribution < -0.4 is 10.9 Å². The molecule has 0 saturated heterocycles. The lowest BCUT2D eigenvalue weighted by atomic mass is 10.2. The third-order valence-electron chi connectivity index (χ3n) is 4.76. The van der Waals surface area contributed by atoms with E-state index in [1.54, 1.807) is 12.3 Å². The number of benzene rings is 1. The minimum absolute atomic E-state index is 0.106. The topological polar surface area (TPSA) is 89.8 Å². The van der Waals surface area contributed by atoms with Crippen molar-refractivity contribution in [2.24, 2.45) is 0 Å². The van der Waals surface area contributed by atoms with Gasteiger partial charge < -0.3 is 5.32 Å². The van der Waals surface area contributed by atoms with Crippen molar-refractivity contribution in [3.05, 3.63) is 70.8 Å². The number of fused-ring (bicyclic) bond motifs is 1. The molecule has 7 nitrogen and oxygen atoms in total. The first kappa shape index (κ1) is 17.7. The number of aromatic nitrogens is 4. The van der Waals surface area contributed by atoms with Gasteiger partial charge in [0.2, 0.25) is 5.91 Å². The molecule has 144 valence electrons. The molecule has 1 saturated carbocycles. The summed E-state index contributed by atoms with van der Waals surface area (Å²) >= 11 is 1.53. The van der Waals surface area contributed by atoms with Gasteiger partial charge in [-0.3, -0.25) is 9.59 Å². The van der Waals surface area contributed by atoms with Crippen LogP contribution in [0.2, 0.25) is 0 Å². The first-order chi connectivity index (χ1) is 14.2. The minimum atomic E-state index is -0.288. The maximum absolute atomic E-state index is 12.4. The van der Waals surface area contributed by atoms with Gasteiger partial charge in [0.1, 0.15) is 21.9 Å². The van der Waals surface area contributed by atoms with Crippen LogP contribution in [0.15, 0.2) is 59.5 Å². The van der Waals surface area contributed by atoms with Crippen molar-refractivity contribution in [1.29, 1.82) is 0 Å². The number of amides is 1. The summed E-state index contributed by atoms with van der Waals surface area (Å²) in [7, 11) is 0. The second kappa shape index (κ2) is 7.21. The molecule has 1 N–H and O–H groups in total. The van der Waals surface area contributed by atoms with Crippen LogP contribution in [-0.2, 0) is 11.3 Å². The number of carbonyl (C=O) groups excluding carboxylic acids is 1.